The Kier molecular flexibility index (Phi) is 3.67. The molecule has 114 valence electrons. The topological polar surface area (TPSA) is 29.0 Å². The number of rotatable bonds is 3. The van der Waals surface area contributed by atoms with E-state index >= 15 is 0 Å². The van der Waals surface area contributed by atoms with E-state index in [2.05, 4.69) is 46.1 Å². The Labute approximate surface area is 132 Å². The van der Waals surface area contributed by atoms with Crippen LogP contribution in [0, 0.1) is 0 Å². The number of likely N-dealkylation sites (tertiary alicyclic amines) is 1. The fraction of sp³-hybridized carbons (Fsp3) is 0.474. The van der Waals surface area contributed by atoms with E-state index in [-0.39, 0.29) is 0 Å². The van der Waals surface area contributed by atoms with Crippen molar-refractivity contribution in [3.8, 4) is 11.3 Å². The molecular weight excluding hydrogens is 270 g/mol. The van der Waals surface area contributed by atoms with E-state index in [0.717, 1.165) is 23.7 Å². The average Bonchev–Trinajstić information content (AvgIpc) is 2.94. The van der Waals surface area contributed by atoms with Gasteiger partial charge < -0.3 is 0 Å². The molecule has 2 aromatic rings. The summed E-state index contributed by atoms with van der Waals surface area (Å²) in [7, 11) is 0. The van der Waals surface area contributed by atoms with Crippen LogP contribution in [0.5, 0.6) is 0 Å². The summed E-state index contributed by atoms with van der Waals surface area (Å²) in [6.45, 7) is 3.70. The zero-order valence-electron chi connectivity index (χ0n) is 13.2. The molecule has 2 aliphatic rings. The third-order valence-corrected chi connectivity index (χ3v) is 5.45. The molecule has 0 radical (unpaired) electrons. The van der Waals surface area contributed by atoms with Gasteiger partial charge in [-0.3, -0.25) is 4.90 Å². The van der Waals surface area contributed by atoms with Crippen LogP contribution < -0.4 is 0 Å². The van der Waals surface area contributed by atoms with Gasteiger partial charge in [-0.25, -0.2) is 9.97 Å². The third-order valence-electron chi connectivity index (χ3n) is 5.45. The van der Waals surface area contributed by atoms with Gasteiger partial charge in [-0.05, 0) is 56.7 Å². The maximum Gasteiger partial charge on any atom is 0.116 e. The first-order valence-corrected chi connectivity index (χ1v) is 8.43. The lowest BCUT2D eigenvalue weighted by Gasteiger charge is -2.43. The number of aromatic nitrogens is 2. The summed E-state index contributed by atoms with van der Waals surface area (Å²) < 4.78 is 0. The van der Waals surface area contributed by atoms with Crippen molar-refractivity contribution in [3.05, 3.63) is 48.4 Å². The van der Waals surface area contributed by atoms with Crippen molar-refractivity contribution in [3.63, 3.8) is 0 Å². The van der Waals surface area contributed by atoms with Gasteiger partial charge in [0.1, 0.15) is 6.33 Å². The fourth-order valence-corrected chi connectivity index (χ4v) is 4.02. The Morgan fingerprint density at radius 2 is 1.91 bits per heavy atom. The smallest absolute Gasteiger partial charge is 0.116 e. The van der Waals surface area contributed by atoms with Gasteiger partial charge in [0.15, 0.2) is 0 Å². The van der Waals surface area contributed by atoms with Crippen molar-refractivity contribution in [2.24, 2.45) is 0 Å². The predicted octanol–water partition coefficient (Wildman–Crippen LogP) is 3.87. The Morgan fingerprint density at radius 1 is 1.09 bits per heavy atom. The van der Waals surface area contributed by atoms with Crippen LogP contribution in [0.15, 0.2) is 42.9 Å². The van der Waals surface area contributed by atoms with E-state index in [0.29, 0.717) is 0 Å². The molecule has 2 fully saturated rings. The fourth-order valence-electron chi connectivity index (χ4n) is 4.02. The molecule has 0 N–H and O–H groups in total. The van der Waals surface area contributed by atoms with Crippen LogP contribution in [-0.2, 0) is 0 Å². The number of hydrogen-bond acceptors (Lipinski definition) is 3. The van der Waals surface area contributed by atoms with E-state index in [1.165, 1.54) is 43.4 Å². The lowest BCUT2D eigenvalue weighted by atomic mass is 9.75. The van der Waals surface area contributed by atoms with Crippen molar-refractivity contribution in [2.45, 2.75) is 50.6 Å². The predicted molar refractivity (Wildman–Crippen MR) is 88.6 cm³/mol. The highest BCUT2D eigenvalue weighted by Crippen LogP contribution is 2.42. The summed E-state index contributed by atoms with van der Waals surface area (Å²) in [5.74, 6) is 0.747. The van der Waals surface area contributed by atoms with E-state index in [1.807, 2.05) is 6.07 Å². The Morgan fingerprint density at radius 3 is 2.55 bits per heavy atom. The first-order valence-electron chi connectivity index (χ1n) is 8.43. The van der Waals surface area contributed by atoms with E-state index in [9.17, 15) is 0 Å². The molecular formula is C19H23N3. The highest BCUT2D eigenvalue weighted by Gasteiger charge is 2.37. The van der Waals surface area contributed by atoms with Gasteiger partial charge in [0.25, 0.3) is 0 Å². The van der Waals surface area contributed by atoms with E-state index < -0.39 is 0 Å². The molecule has 0 spiro atoms. The lowest BCUT2D eigenvalue weighted by molar-refractivity contribution is 0.103. The quantitative estimate of drug-likeness (QED) is 0.860. The number of benzene rings is 1. The van der Waals surface area contributed by atoms with E-state index in [4.69, 9.17) is 0 Å². The summed E-state index contributed by atoms with van der Waals surface area (Å²) >= 11 is 0. The molecule has 2 heterocycles. The van der Waals surface area contributed by atoms with Crippen molar-refractivity contribution in [1.29, 1.82) is 0 Å². The molecule has 1 aliphatic heterocycles. The average molecular weight is 293 g/mol. The van der Waals surface area contributed by atoms with Crippen molar-refractivity contribution >= 4 is 0 Å². The lowest BCUT2D eigenvalue weighted by Crippen LogP contribution is -2.45. The number of hydrogen-bond donors (Lipinski definition) is 0. The Hall–Kier alpha value is -1.74. The van der Waals surface area contributed by atoms with Crippen LogP contribution in [0.4, 0.5) is 0 Å². The molecule has 0 unspecified atom stereocenters. The Balaban J connectivity index is 1.41. The summed E-state index contributed by atoms with van der Waals surface area (Å²) in [6.07, 6.45) is 8.83. The van der Waals surface area contributed by atoms with Gasteiger partial charge in [0.2, 0.25) is 0 Å². The molecule has 1 saturated carbocycles. The summed E-state index contributed by atoms with van der Waals surface area (Å²) in [5.41, 5.74) is 3.66. The van der Waals surface area contributed by atoms with Crippen LogP contribution in [0.3, 0.4) is 0 Å². The molecule has 0 bridgehead atoms. The molecule has 1 atom stereocenters. The molecule has 1 saturated heterocycles. The number of nitrogens with zero attached hydrogens (tertiary/aromatic N) is 3. The van der Waals surface area contributed by atoms with Crippen LogP contribution in [0.1, 0.15) is 44.1 Å². The second kappa shape index (κ2) is 5.81. The second-order valence-electron chi connectivity index (χ2n) is 6.77. The Bertz CT molecular complexity index is 617. The highest BCUT2D eigenvalue weighted by atomic mass is 15.2. The largest absolute Gasteiger partial charge is 0.298 e. The van der Waals surface area contributed by atoms with Crippen molar-refractivity contribution < 1.29 is 0 Å². The second-order valence-corrected chi connectivity index (χ2v) is 6.77. The van der Waals surface area contributed by atoms with Crippen LogP contribution in [0.2, 0.25) is 0 Å². The third kappa shape index (κ3) is 2.54. The summed E-state index contributed by atoms with van der Waals surface area (Å²) in [4.78, 5) is 11.0. The standard InChI is InChI=1S/C19H23N3/c1-14-3-2-10-22(14)18-11-17(12-18)15-4-6-16(7-5-15)19-8-9-20-13-21-19/h4-9,13-14,17-18H,2-3,10-12H2,1H3/t14-,17?,18?/m1/s1. The highest BCUT2D eigenvalue weighted by molar-refractivity contribution is 5.58. The van der Waals surface area contributed by atoms with Crippen molar-refractivity contribution in [1.82, 2.24) is 14.9 Å². The minimum absolute atomic E-state index is 0.747. The summed E-state index contributed by atoms with van der Waals surface area (Å²) in [5, 5.41) is 0. The van der Waals surface area contributed by atoms with Gasteiger partial charge in [0, 0.05) is 23.8 Å². The molecule has 3 heteroatoms. The molecule has 3 nitrogen and oxygen atoms in total. The zero-order valence-corrected chi connectivity index (χ0v) is 13.2. The van der Waals surface area contributed by atoms with E-state index in [1.54, 1.807) is 12.5 Å². The molecule has 0 amide bonds. The first kappa shape index (κ1) is 13.9. The first-order chi connectivity index (χ1) is 10.8. The maximum absolute atomic E-state index is 4.31. The monoisotopic (exact) mass is 293 g/mol. The molecule has 22 heavy (non-hydrogen) atoms. The van der Waals surface area contributed by atoms with Gasteiger partial charge in [0.05, 0.1) is 5.69 Å². The van der Waals surface area contributed by atoms with Crippen molar-refractivity contribution in [2.75, 3.05) is 6.54 Å². The molecule has 4 rings (SSSR count). The van der Waals surface area contributed by atoms with Crippen LogP contribution in [0.25, 0.3) is 11.3 Å². The van der Waals surface area contributed by atoms with Gasteiger partial charge in [-0.2, -0.15) is 0 Å². The molecule has 1 aromatic carbocycles. The minimum atomic E-state index is 0.747. The maximum atomic E-state index is 4.31. The minimum Gasteiger partial charge on any atom is -0.298 e. The summed E-state index contributed by atoms with van der Waals surface area (Å²) in [6, 6.07) is 12.5. The van der Waals surface area contributed by atoms with Gasteiger partial charge in [-0.15, -0.1) is 0 Å². The zero-order chi connectivity index (χ0) is 14.9. The molecule has 1 aromatic heterocycles. The normalized spacial score (nSPS) is 28.5. The van der Waals surface area contributed by atoms with Crippen LogP contribution in [-0.4, -0.2) is 33.5 Å². The SMILES string of the molecule is C[C@@H]1CCCN1C1CC(c2ccc(-c3ccncn3)cc2)C1. The van der Waals surface area contributed by atoms with Gasteiger partial charge >= 0.3 is 0 Å². The molecule has 1 aliphatic carbocycles. The van der Waals surface area contributed by atoms with Gasteiger partial charge in [-0.1, -0.05) is 24.3 Å². The van der Waals surface area contributed by atoms with Crippen LogP contribution >= 0.6 is 0 Å².